The van der Waals surface area contributed by atoms with Crippen LogP contribution in [0.5, 0.6) is 0 Å². The average Bonchev–Trinajstić information content (AvgIpc) is 3.32. The zero-order valence-corrected chi connectivity index (χ0v) is 17.9. The van der Waals surface area contributed by atoms with Crippen LogP contribution in [0.1, 0.15) is 12.2 Å². The van der Waals surface area contributed by atoms with Gasteiger partial charge in [0.1, 0.15) is 5.82 Å². The van der Waals surface area contributed by atoms with E-state index in [1.54, 1.807) is 6.07 Å². The molecular weight excluding hydrogens is 416 g/mol. The molecule has 7 nitrogen and oxygen atoms in total. The molecule has 0 atom stereocenters. The lowest BCUT2D eigenvalue weighted by atomic mass is 10.1. The summed E-state index contributed by atoms with van der Waals surface area (Å²) in [5.74, 6) is 0.206. The van der Waals surface area contributed by atoms with E-state index in [2.05, 4.69) is 9.72 Å². The molecule has 0 fully saturated rings. The molecule has 1 amide bonds. The Balaban J connectivity index is 1.42. The first-order valence-electron chi connectivity index (χ1n) is 10.8. The lowest BCUT2D eigenvalue weighted by Crippen LogP contribution is -2.19. The number of nitrogens with one attached hydrogen (secondary N) is 1. The number of anilines is 1. The van der Waals surface area contributed by atoms with Crippen molar-refractivity contribution in [1.82, 2.24) is 14.0 Å². The molecule has 33 heavy (non-hydrogen) atoms. The lowest BCUT2D eigenvalue weighted by molar-refractivity contribution is -0.116. The van der Waals surface area contributed by atoms with E-state index in [-0.39, 0.29) is 18.9 Å². The van der Waals surface area contributed by atoms with Crippen LogP contribution in [0.2, 0.25) is 0 Å². The maximum atomic E-state index is 13.1. The van der Waals surface area contributed by atoms with Crippen molar-refractivity contribution in [3.8, 4) is 0 Å². The summed E-state index contributed by atoms with van der Waals surface area (Å²) in [4.78, 5) is 30.1. The molecule has 6 rings (SSSR count). The summed E-state index contributed by atoms with van der Waals surface area (Å²) in [6.07, 6.45) is 0.136. The number of carbonyl (C=O) groups is 1. The highest BCUT2D eigenvalue weighted by atomic mass is 16.4. The summed E-state index contributed by atoms with van der Waals surface area (Å²) in [5.41, 5.74) is 4.72. The van der Waals surface area contributed by atoms with Crippen LogP contribution in [0.15, 0.2) is 82.0 Å². The number of aryl methyl sites for hydroxylation is 2. The van der Waals surface area contributed by atoms with Gasteiger partial charge in [0.25, 0.3) is 0 Å². The smallest absolute Gasteiger partial charge is 0.408 e. The Morgan fingerprint density at radius 2 is 1.64 bits per heavy atom. The van der Waals surface area contributed by atoms with E-state index in [0.29, 0.717) is 11.1 Å². The highest BCUT2D eigenvalue weighted by Gasteiger charge is 2.19. The van der Waals surface area contributed by atoms with Crippen LogP contribution >= 0.6 is 0 Å². The number of amides is 1. The Bertz CT molecular complexity index is 1760. The molecule has 0 aliphatic carbocycles. The van der Waals surface area contributed by atoms with Crippen molar-refractivity contribution < 1.29 is 9.21 Å². The van der Waals surface area contributed by atoms with E-state index in [4.69, 9.17) is 9.40 Å². The maximum absolute atomic E-state index is 13.1. The van der Waals surface area contributed by atoms with Gasteiger partial charge < -0.3 is 9.73 Å². The fraction of sp³-hybridized carbons (Fsp3) is 0.115. The standard InChI is InChI=1S/C26H20N4O3/c1-16-27-19-10-4-2-8-17(19)25-24(18-9-3-5-11-20(18)30(16)25)28-23(31)14-15-29-21-12-6-7-13-22(21)33-26(29)32/h2-13H,14-15H2,1H3,(H,28,31). The minimum atomic E-state index is -0.462. The van der Waals surface area contributed by atoms with E-state index >= 15 is 0 Å². The van der Waals surface area contributed by atoms with Crippen LogP contribution in [0.4, 0.5) is 5.69 Å². The monoisotopic (exact) mass is 436 g/mol. The van der Waals surface area contributed by atoms with Gasteiger partial charge >= 0.3 is 5.76 Å². The highest BCUT2D eigenvalue weighted by molar-refractivity contribution is 6.16. The summed E-state index contributed by atoms with van der Waals surface area (Å²) in [5, 5.41) is 5.03. The molecule has 162 valence electrons. The third kappa shape index (κ3) is 3.01. The van der Waals surface area contributed by atoms with Gasteiger partial charge in [0, 0.05) is 23.7 Å². The number of benzene rings is 3. The minimum absolute atomic E-state index is 0.136. The summed E-state index contributed by atoms with van der Waals surface area (Å²) < 4.78 is 8.86. The molecule has 0 saturated carbocycles. The number of hydrogen-bond donors (Lipinski definition) is 1. The first kappa shape index (κ1) is 19.3. The third-order valence-corrected chi connectivity index (χ3v) is 6.04. The molecule has 0 bridgehead atoms. The van der Waals surface area contributed by atoms with Crippen LogP contribution < -0.4 is 11.1 Å². The van der Waals surface area contributed by atoms with Crippen molar-refractivity contribution in [1.29, 1.82) is 0 Å². The van der Waals surface area contributed by atoms with E-state index < -0.39 is 5.76 Å². The lowest BCUT2D eigenvalue weighted by Gasteiger charge is -2.09. The van der Waals surface area contributed by atoms with E-state index in [1.807, 2.05) is 73.7 Å². The SMILES string of the molecule is Cc1nc2ccccc2c2c(NC(=O)CCn3c(=O)oc4ccccc43)c3ccccc3n12. The average molecular weight is 436 g/mol. The fourth-order valence-corrected chi connectivity index (χ4v) is 4.59. The molecule has 0 aliphatic rings. The van der Waals surface area contributed by atoms with Crippen LogP contribution in [0, 0.1) is 6.92 Å². The van der Waals surface area contributed by atoms with Crippen molar-refractivity contribution in [2.24, 2.45) is 0 Å². The van der Waals surface area contributed by atoms with Crippen LogP contribution in [-0.4, -0.2) is 19.9 Å². The van der Waals surface area contributed by atoms with E-state index in [9.17, 15) is 9.59 Å². The predicted molar refractivity (Wildman–Crippen MR) is 129 cm³/mol. The van der Waals surface area contributed by atoms with Crippen LogP contribution in [-0.2, 0) is 11.3 Å². The van der Waals surface area contributed by atoms with Gasteiger partial charge in [-0.3, -0.25) is 13.8 Å². The maximum Gasteiger partial charge on any atom is 0.419 e. The summed E-state index contributed by atoms with van der Waals surface area (Å²) >= 11 is 0. The van der Waals surface area contributed by atoms with Gasteiger partial charge in [0.15, 0.2) is 5.58 Å². The molecule has 1 N–H and O–H groups in total. The van der Waals surface area contributed by atoms with Gasteiger partial charge in [-0.15, -0.1) is 0 Å². The molecule has 0 radical (unpaired) electrons. The Hall–Kier alpha value is -4.39. The second kappa shape index (κ2) is 7.34. The zero-order chi connectivity index (χ0) is 22.5. The van der Waals surface area contributed by atoms with Crippen molar-refractivity contribution in [2.45, 2.75) is 19.9 Å². The molecule has 7 heteroatoms. The van der Waals surface area contributed by atoms with Gasteiger partial charge in [-0.05, 0) is 31.2 Å². The summed E-state index contributed by atoms with van der Waals surface area (Å²) in [6.45, 7) is 2.20. The van der Waals surface area contributed by atoms with Crippen molar-refractivity contribution in [3.05, 3.63) is 89.2 Å². The first-order chi connectivity index (χ1) is 16.1. The number of nitrogens with zero attached hydrogens (tertiary/aromatic N) is 3. The largest absolute Gasteiger partial charge is 0.419 e. The Kier molecular flexibility index (Phi) is 4.29. The molecule has 0 saturated heterocycles. The summed E-state index contributed by atoms with van der Waals surface area (Å²) in [6, 6.07) is 23.1. The Morgan fingerprint density at radius 3 is 2.48 bits per heavy atom. The molecule has 3 heterocycles. The number of rotatable bonds is 4. The number of hydrogen-bond acceptors (Lipinski definition) is 4. The van der Waals surface area contributed by atoms with Crippen LogP contribution in [0.3, 0.4) is 0 Å². The Labute approximate surface area is 187 Å². The van der Waals surface area contributed by atoms with Crippen molar-refractivity contribution in [2.75, 3.05) is 5.32 Å². The van der Waals surface area contributed by atoms with Gasteiger partial charge in [-0.2, -0.15) is 0 Å². The summed E-state index contributed by atoms with van der Waals surface area (Å²) in [7, 11) is 0. The number of para-hydroxylation sites is 4. The van der Waals surface area contributed by atoms with Gasteiger partial charge in [-0.1, -0.05) is 48.5 Å². The molecule has 0 unspecified atom stereocenters. The number of fused-ring (bicyclic) bond motifs is 6. The highest BCUT2D eigenvalue weighted by Crippen LogP contribution is 2.36. The number of carbonyl (C=O) groups excluding carboxylic acids is 1. The second-order valence-electron chi connectivity index (χ2n) is 8.04. The van der Waals surface area contributed by atoms with E-state index in [1.165, 1.54) is 4.57 Å². The van der Waals surface area contributed by atoms with Gasteiger partial charge in [0.2, 0.25) is 5.91 Å². The molecule has 3 aromatic heterocycles. The molecule has 0 spiro atoms. The predicted octanol–water partition coefficient (Wildman–Crippen LogP) is 4.89. The first-order valence-corrected chi connectivity index (χ1v) is 10.8. The third-order valence-electron chi connectivity index (χ3n) is 6.04. The van der Waals surface area contributed by atoms with Crippen LogP contribution in [0.25, 0.3) is 38.4 Å². The Morgan fingerprint density at radius 1 is 0.939 bits per heavy atom. The van der Waals surface area contributed by atoms with Crippen molar-refractivity contribution in [3.63, 3.8) is 0 Å². The zero-order valence-electron chi connectivity index (χ0n) is 17.9. The number of oxazole rings is 1. The molecule has 3 aromatic carbocycles. The number of aromatic nitrogens is 3. The van der Waals surface area contributed by atoms with Gasteiger partial charge in [0.05, 0.1) is 27.8 Å². The molecule has 6 aromatic rings. The van der Waals surface area contributed by atoms with E-state index in [0.717, 1.165) is 38.8 Å². The molecule has 0 aliphatic heterocycles. The molecular formula is C26H20N4O3. The van der Waals surface area contributed by atoms with Crippen molar-refractivity contribution >= 4 is 50.0 Å². The fourth-order valence-electron chi connectivity index (χ4n) is 4.59. The quantitative estimate of drug-likeness (QED) is 0.427. The normalized spacial score (nSPS) is 11.7. The minimum Gasteiger partial charge on any atom is -0.408 e. The second-order valence-corrected chi connectivity index (χ2v) is 8.04. The topological polar surface area (TPSA) is 81.5 Å². The van der Waals surface area contributed by atoms with Gasteiger partial charge in [-0.25, -0.2) is 9.78 Å².